The third kappa shape index (κ3) is 4.41. The lowest BCUT2D eigenvalue weighted by Crippen LogP contribution is -2.19. The highest BCUT2D eigenvalue weighted by molar-refractivity contribution is 7.59. The first kappa shape index (κ1) is 14.2. The van der Waals surface area contributed by atoms with Crippen LogP contribution in [0.25, 0.3) is 0 Å². The van der Waals surface area contributed by atoms with Gasteiger partial charge in [0.2, 0.25) is 0 Å². The van der Waals surface area contributed by atoms with Crippen LogP contribution >= 0.6 is 7.94 Å². The summed E-state index contributed by atoms with van der Waals surface area (Å²) in [6.07, 6.45) is 0.903. The number of hydrogen-bond acceptors (Lipinski definition) is 3. The van der Waals surface area contributed by atoms with Crippen molar-refractivity contribution in [3.05, 3.63) is 71.8 Å². The average molecular weight is 277 g/mol. The molecule has 100 valence electrons. The van der Waals surface area contributed by atoms with E-state index < -0.39 is 13.6 Å². The topological polar surface area (TPSA) is 60.7 Å². The van der Waals surface area contributed by atoms with Crippen molar-refractivity contribution in [3.63, 3.8) is 0 Å². The summed E-state index contributed by atoms with van der Waals surface area (Å²) in [4.78, 5) is 28.9. The van der Waals surface area contributed by atoms with Gasteiger partial charge in [-0.3, -0.25) is 0 Å². The summed E-state index contributed by atoms with van der Waals surface area (Å²) in [5, 5.41) is 0. The van der Waals surface area contributed by atoms with Gasteiger partial charge >= 0.3 is 7.94 Å². The van der Waals surface area contributed by atoms with E-state index in [1.807, 2.05) is 60.7 Å². The third-order valence-electron chi connectivity index (χ3n) is 3.12. The lowest BCUT2D eigenvalue weighted by molar-refractivity contribution is 0.313. The summed E-state index contributed by atoms with van der Waals surface area (Å²) < 4.78 is 0. The van der Waals surface area contributed by atoms with E-state index in [4.69, 9.17) is 0 Å². The van der Waals surface area contributed by atoms with Crippen LogP contribution < -0.4 is 0 Å². The molecular formula is C15H18O3P+. The molecule has 0 amide bonds. The molecule has 0 radical (unpaired) electrons. The summed E-state index contributed by atoms with van der Waals surface area (Å²) in [6.45, 7) is 0. The molecule has 3 N–H and O–H groups in total. The molecule has 0 aliphatic heterocycles. The fraction of sp³-hybridized carbons (Fsp3) is 0.200. The Morgan fingerprint density at radius 3 is 1.37 bits per heavy atom. The summed E-state index contributed by atoms with van der Waals surface area (Å²) in [6, 6.07) is 19.1. The number of rotatable bonds is 5. The van der Waals surface area contributed by atoms with Crippen molar-refractivity contribution in [2.75, 3.05) is 0 Å². The standard InChI is InChI=1S/C15H18O3P/c16-19(17,18)15(11-13-7-3-1-4-8-13)12-14-9-5-2-6-10-14/h1-10,15-18H,11-12H2/q+1. The van der Waals surface area contributed by atoms with Crippen molar-refractivity contribution < 1.29 is 14.7 Å². The van der Waals surface area contributed by atoms with Crippen LogP contribution in [0.2, 0.25) is 0 Å². The van der Waals surface area contributed by atoms with Gasteiger partial charge in [-0.15, -0.1) is 0 Å². The lowest BCUT2D eigenvalue weighted by atomic mass is 10.0. The normalized spacial score (nSPS) is 11.8. The largest absolute Gasteiger partial charge is 0.407 e. The predicted octanol–water partition coefficient (Wildman–Crippen LogP) is 2.58. The van der Waals surface area contributed by atoms with Gasteiger partial charge in [-0.25, -0.2) is 0 Å². The van der Waals surface area contributed by atoms with Gasteiger partial charge in [0.25, 0.3) is 0 Å². The number of benzene rings is 2. The SMILES string of the molecule is O[P+](O)(O)C(Cc1ccccc1)Cc1ccccc1. The zero-order valence-corrected chi connectivity index (χ0v) is 11.4. The fourth-order valence-corrected chi connectivity index (χ4v) is 3.00. The van der Waals surface area contributed by atoms with Gasteiger partial charge in [0, 0.05) is 12.8 Å². The summed E-state index contributed by atoms with van der Waals surface area (Å²) in [7, 11) is -3.86. The first-order valence-corrected chi connectivity index (χ1v) is 7.92. The molecule has 2 aromatic carbocycles. The maximum atomic E-state index is 9.62. The monoisotopic (exact) mass is 277 g/mol. The molecule has 2 aromatic rings. The van der Waals surface area contributed by atoms with Crippen molar-refractivity contribution in [1.82, 2.24) is 0 Å². The zero-order chi connectivity index (χ0) is 13.7. The van der Waals surface area contributed by atoms with Gasteiger partial charge in [0.05, 0.1) is 0 Å². The molecule has 0 aromatic heterocycles. The Kier molecular flexibility index (Phi) is 4.67. The second kappa shape index (κ2) is 6.27. The molecule has 3 nitrogen and oxygen atoms in total. The van der Waals surface area contributed by atoms with Crippen LogP contribution in [0.3, 0.4) is 0 Å². The van der Waals surface area contributed by atoms with Gasteiger partial charge in [-0.1, -0.05) is 60.7 Å². The van der Waals surface area contributed by atoms with Gasteiger partial charge in [0.15, 0.2) is 5.66 Å². The molecule has 0 unspecified atom stereocenters. The molecule has 19 heavy (non-hydrogen) atoms. The molecule has 2 rings (SSSR count). The van der Waals surface area contributed by atoms with E-state index in [2.05, 4.69) is 0 Å². The average Bonchev–Trinajstić information content (AvgIpc) is 2.39. The van der Waals surface area contributed by atoms with Crippen LogP contribution in [-0.4, -0.2) is 20.3 Å². The Balaban J connectivity index is 2.13. The van der Waals surface area contributed by atoms with Crippen LogP contribution in [0, 0.1) is 0 Å². The lowest BCUT2D eigenvalue weighted by Gasteiger charge is -2.17. The Hall–Kier alpha value is -1.25. The van der Waals surface area contributed by atoms with E-state index in [1.54, 1.807) is 0 Å². The molecule has 0 aliphatic carbocycles. The Morgan fingerprint density at radius 1 is 0.684 bits per heavy atom. The predicted molar refractivity (Wildman–Crippen MR) is 77.7 cm³/mol. The summed E-state index contributed by atoms with van der Waals surface area (Å²) in [5.74, 6) is 0. The second-order valence-electron chi connectivity index (χ2n) is 4.65. The minimum atomic E-state index is -3.86. The summed E-state index contributed by atoms with van der Waals surface area (Å²) >= 11 is 0. The molecule has 4 heteroatoms. The van der Waals surface area contributed by atoms with Gasteiger partial charge in [-0.05, 0) is 11.1 Å². The van der Waals surface area contributed by atoms with Gasteiger partial charge in [0.1, 0.15) is 0 Å². The molecule has 0 atom stereocenters. The minimum Gasteiger partial charge on any atom is -0.193 e. The Bertz CT molecular complexity index is 452. The molecule has 0 heterocycles. The highest BCUT2D eigenvalue weighted by Crippen LogP contribution is 2.52. The second-order valence-corrected chi connectivity index (χ2v) is 6.61. The van der Waals surface area contributed by atoms with E-state index in [0.29, 0.717) is 12.8 Å². The molecule has 0 fully saturated rings. The van der Waals surface area contributed by atoms with E-state index in [0.717, 1.165) is 11.1 Å². The maximum Gasteiger partial charge on any atom is 0.407 e. The van der Waals surface area contributed by atoms with E-state index in [-0.39, 0.29) is 0 Å². The molecular weight excluding hydrogens is 259 g/mol. The van der Waals surface area contributed by atoms with Gasteiger partial charge < -0.3 is 0 Å². The van der Waals surface area contributed by atoms with E-state index >= 15 is 0 Å². The smallest absolute Gasteiger partial charge is 0.193 e. The van der Waals surface area contributed by atoms with Crippen molar-refractivity contribution in [3.8, 4) is 0 Å². The van der Waals surface area contributed by atoms with Gasteiger partial charge in [-0.2, -0.15) is 14.7 Å². The van der Waals surface area contributed by atoms with E-state index in [1.165, 1.54) is 0 Å². The van der Waals surface area contributed by atoms with Crippen LogP contribution in [0.5, 0.6) is 0 Å². The van der Waals surface area contributed by atoms with Crippen molar-refractivity contribution in [1.29, 1.82) is 0 Å². The zero-order valence-electron chi connectivity index (χ0n) is 10.6. The highest BCUT2D eigenvalue weighted by atomic mass is 31.2. The molecule has 0 saturated carbocycles. The van der Waals surface area contributed by atoms with Crippen LogP contribution in [0.4, 0.5) is 0 Å². The van der Waals surface area contributed by atoms with Crippen LogP contribution in [0.1, 0.15) is 11.1 Å². The third-order valence-corrected chi connectivity index (χ3v) is 4.46. The quantitative estimate of drug-likeness (QED) is 0.736. The molecule has 0 spiro atoms. The Morgan fingerprint density at radius 2 is 1.05 bits per heavy atom. The number of hydrogen-bond donors (Lipinski definition) is 3. The summed E-state index contributed by atoms with van der Waals surface area (Å²) in [5.41, 5.74) is 1.42. The minimum absolute atomic E-state index is 0.451. The van der Waals surface area contributed by atoms with Crippen molar-refractivity contribution >= 4 is 7.94 Å². The van der Waals surface area contributed by atoms with E-state index in [9.17, 15) is 14.7 Å². The van der Waals surface area contributed by atoms with Crippen molar-refractivity contribution in [2.24, 2.45) is 0 Å². The van der Waals surface area contributed by atoms with Crippen LogP contribution in [-0.2, 0) is 12.8 Å². The van der Waals surface area contributed by atoms with Crippen molar-refractivity contribution in [2.45, 2.75) is 18.5 Å². The molecule has 0 aliphatic rings. The fourth-order valence-electron chi connectivity index (χ4n) is 2.09. The maximum absolute atomic E-state index is 9.62. The molecule has 0 saturated heterocycles. The van der Waals surface area contributed by atoms with Crippen LogP contribution in [0.15, 0.2) is 60.7 Å². The first-order valence-electron chi connectivity index (χ1n) is 6.20. The first-order chi connectivity index (χ1) is 9.05. The molecule has 0 bridgehead atoms. The highest BCUT2D eigenvalue weighted by Gasteiger charge is 2.42. The Labute approximate surface area is 113 Å².